The van der Waals surface area contributed by atoms with E-state index in [-0.39, 0.29) is 5.56 Å². The number of aryl methyl sites for hydroxylation is 1. The van der Waals surface area contributed by atoms with Crippen LogP contribution in [0.2, 0.25) is 0 Å². The molecule has 2 rings (SSSR count). The minimum absolute atomic E-state index is 0.264. The molecule has 0 aliphatic carbocycles. The van der Waals surface area contributed by atoms with Gasteiger partial charge in [0.15, 0.2) is 0 Å². The summed E-state index contributed by atoms with van der Waals surface area (Å²) >= 11 is 0. The van der Waals surface area contributed by atoms with Crippen molar-refractivity contribution in [1.29, 1.82) is 0 Å². The van der Waals surface area contributed by atoms with Crippen LogP contribution in [0.15, 0.2) is 30.6 Å². The topological polar surface area (TPSA) is 67.6 Å². The Labute approximate surface area is 123 Å². The van der Waals surface area contributed by atoms with Crippen LogP contribution in [0.1, 0.15) is 21.5 Å². The molecule has 21 heavy (non-hydrogen) atoms. The SMILES string of the molecule is COc1ccc(C(=O)O)cc1CN(C)Cc1cnn(C)c1. The number of nitrogens with zero attached hydrogens (tertiary/aromatic N) is 3. The number of hydrogen-bond donors (Lipinski definition) is 1. The van der Waals surface area contributed by atoms with Crippen LogP contribution < -0.4 is 4.74 Å². The summed E-state index contributed by atoms with van der Waals surface area (Å²) < 4.78 is 7.06. The highest BCUT2D eigenvalue weighted by Crippen LogP contribution is 2.22. The number of rotatable bonds is 6. The van der Waals surface area contributed by atoms with Gasteiger partial charge in [-0.1, -0.05) is 0 Å². The molecule has 0 saturated carbocycles. The summed E-state index contributed by atoms with van der Waals surface area (Å²) in [6, 6.07) is 4.89. The summed E-state index contributed by atoms with van der Waals surface area (Å²) in [5.74, 6) is -0.244. The van der Waals surface area contributed by atoms with E-state index in [1.54, 1.807) is 30.0 Å². The zero-order chi connectivity index (χ0) is 15.4. The van der Waals surface area contributed by atoms with Crippen molar-refractivity contribution in [2.75, 3.05) is 14.2 Å². The molecule has 0 aliphatic rings. The third-order valence-corrected chi connectivity index (χ3v) is 3.18. The van der Waals surface area contributed by atoms with Gasteiger partial charge in [0, 0.05) is 37.5 Å². The van der Waals surface area contributed by atoms with Gasteiger partial charge in [0.2, 0.25) is 0 Å². The number of hydrogen-bond acceptors (Lipinski definition) is 4. The van der Waals surface area contributed by atoms with Gasteiger partial charge >= 0.3 is 5.97 Å². The lowest BCUT2D eigenvalue weighted by Crippen LogP contribution is -2.17. The summed E-state index contributed by atoms with van der Waals surface area (Å²) in [5.41, 5.74) is 2.22. The largest absolute Gasteiger partial charge is 0.496 e. The average Bonchev–Trinajstić information content (AvgIpc) is 2.83. The minimum Gasteiger partial charge on any atom is -0.496 e. The molecule has 0 atom stereocenters. The summed E-state index contributed by atoms with van der Waals surface area (Å²) in [6.45, 7) is 1.33. The quantitative estimate of drug-likeness (QED) is 0.877. The van der Waals surface area contributed by atoms with Crippen LogP contribution >= 0.6 is 0 Å². The molecule has 1 aromatic heterocycles. The number of carbonyl (C=O) groups is 1. The zero-order valence-electron chi connectivity index (χ0n) is 12.4. The normalized spacial score (nSPS) is 10.9. The van der Waals surface area contributed by atoms with Crippen molar-refractivity contribution >= 4 is 5.97 Å². The van der Waals surface area contributed by atoms with Gasteiger partial charge < -0.3 is 9.84 Å². The second-order valence-corrected chi connectivity index (χ2v) is 5.03. The van der Waals surface area contributed by atoms with Crippen molar-refractivity contribution in [3.8, 4) is 5.75 Å². The van der Waals surface area contributed by atoms with Gasteiger partial charge in [-0.3, -0.25) is 9.58 Å². The average molecular weight is 289 g/mol. The number of carboxylic acids is 1. The fraction of sp³-hybridized carbons (Fsp3) is 0.333. The maximum Gasteiger partial charge on any atom is 0.335 e. The van der Waals surface area contributed by atoms with Gasteiger partial charge in [0.25, 0.3) is 0 Å². The van der Waals surface area contributed by atoms with E-state index in [4.69, 9.17) is 9.84 Å². The molecule has 0 fully saturated rings. The zero-order valence-corrected chi connectivity index (χ0v) is 12.4. The molecule has 0 bridgehead atoms. The fourth-order valence-electron chi connectivity index (χ4n) is 2.25. The van der Waals surface area contributed by atoms with Crippen molar-refractivity contribution in [1.82, 2.24) is 14.7 Å². The molecule has 0 spiro atoms. The minimum atomic E-state index is -0.936. The van der Waals surface area contributed by atoms with Gasteiger partial charge in [-0.25, -0.2) is 4.79 Å². The van der Waals surface area contributed by atoms with Crippen LogP contribution in [0.5, 0.6) is 5.75 Å². The van der Waals surface area contributed by atoms with Gasteiger partial charge in [0.05, 0.1) is 18.9 Å². The van der Waals surface area contributed by atoms with Crippen molar-refractivity contribution in [2.24, 2.45) is 7.05 Å². The van der Waals surface area contributed by atoms with E-state index in [1.807, 2.05) is 26.5 Å². The Kier molecular flexibility index (Phi) is 4.59. The molecule has 6 heteroatoms. The van der Waals surface area contributed by atoms with Crippen molar-refractivity contribution in [3.05, 3.63) is 47.3 Å². The lowest BCUT2D eigenvalue weighted by atomic mass is 10.1. The Balaban J connectivity index is 2.13. The van der Waals surface area contributed by atoms with Gasteiger partial charge in [-0.2, -0.15) is 5.10 Å². The molecule has 0 amide bonds. The first-order chi connectivity index (χ1) is 9.99. The Hall–Kier alpha value is -2.34. The highest BCUT2D eigenvalue weighted by atomic mass is 16.5. The Morgan fingerprint density at radius 2 is 2.19 bits per heavy atom. The summed E-state index contributed by atoms with van der Waals surface area (Å²) in [7, 11) is 5.43. The second kappa shape index (κ2) is 6.41. The maximum absolute atomic E-state index is 11.1. The van der Waals surface area contributed by atoms with Crippen LogP contribution in [0.4, 0.5) is 0 Å². The third kappa shape index (κ3) is 3.82. The molecular weight excluding hydrogens is 270 g/mol. The van der Waals surface area contributed by atoms with Crippen LogP contribution in [-0.4, -0.2) is 39.9 Å². The number of carboxylic acid groups (broad SMARTS) is 1. The number of aromatic nitrogens is 2. The number of methoxy groups -OCH3 is 1. The molecule has 0 unspecified atom stereocenters. The maximum atomic E-state index is 11.1. The molecule has 6 nitrogen and oxygen atoms in total. The molecule has 1 heterocycles. The summed E-state index contributed by atoms with van der Waals surface area (Å²) in [6.07, 6.45) is 3.78. The van der Waals surface area contributed by atoms with E-state index in [9.17, 15) is 4.79 Å². The van der Waals surface area contributed by atoms with Crippen LogP contribution in [0, 0.1) is 0 Å². The highest BCUT2D eigenvalue weighted by Gasteiger charge is 2.11. The fourth-order valence-corrected chi connectivity index (χ4v) is 2.25. The monoisotopic (exact) mass is 289 g/mol. The first-order valence-electron chi connectivity index (χ1n) is 6.56. The Morgan fingerprint density at radius 3 is 2.76 bits per heavy atom. The van der Waals surface area contributed by atoms with Crippen molar-refractivity contribution in [2.45, 2.75) is 13.1 Å². The first-order valence-corrected chi connectivity index (χ1v) is 6.56. The summed E-state index contributed by atoms with van der Waals surface area (Å²) in [4.78, 5) is 13.2. The molecule has 0 aliphatic heterocycles. The molecule has 0 saturated heterocycles. The lowest BCUT2D eigenvalue weighted by Gasteiger charge is -2.18. The lowest BCUT2D eigenvalue weighted by molar-refractivity contribution is 0.0696. The van der Waals surface area contributed by atoms with E-state index in [0.29, 0.717) is 12.3 Å². The predicted octanol–water partition coefficient (Wildman–Crippen LogP) is 1.76. The number of benzene rings is 1. The van der Waals surface area contributed by atoms with E-state index in [0.717, 1.165) is 17.7 Å². The molecular formula is C15H19N3O3. The third-order valence-electron chi connectivity index (χ3n) is 3.18. The van der Waals surface area contributed by atoms with E-state index >= 15 is 0 Å². The smallest absolute Gasteiger partial charge is 0.335 e. The van der Waals surface area contributed by atoms with Crippen molar-refractivity contribution in [3.63, 3.8) is 0 Å². The standard InChI is InChI=1S/C15H19N3O3/c1-17(8-11-7-16-18(2)9-11)10-13-6-12(15(19)20)4-5-14(13)21-3/h4-7,9H,8,10H2,1-3H3,(H,19,20). The number of aromatic carboxylic acids is 1. The number of ether oxygens (including phenoxy) is 1. The van der Waals surface area contributed by atoms with E-state index in [2.05, 4.69) is 10.00 Å². The second-order valence-electron chi connectivity index (χ2n) is 5.03. The molecule has 2 aromatic rings. The molecule has 1 N–H and O–H groups in total. The summed E-state index contributed by atoms with van der Waals surface area (Å²) in [5, 5.41) is 13.2. The first kappa shape index (κ1) is 15.1. The highest BCUT2D eigenvalue weighted by molar-refractivity contribution is 5.88. The molecule has 112 valence electrons. The van der Waals surface area contributed by atoms with Gasteiger partial charge in [-0.05, 0) is 25.2 Å². The van der Waals surface area contributed by atoms with Gasteiger partial charge in [0.1, 0.15) is 5.75 Å². The predicted molar refractivity (Wildman–Crippen MR) is 78.3 cm³/mol. The van der Waals surface area contributed by atoms with E-state index < -0.39 is 5.97 Å². The molecule has 1 aromatic carbocycles. The van der Waals surface area contributed by atoms with Crippen LogP contribution in [0.25, 0.3) is 0 Å². The van der Waals surface area contributed by atoms with Crippen molar-refractivity contribution < 1.29 is 14.6 Å². The molecule has 0 radical (unpaired) electrons. The van der Waals surface area contributed by atoms with Crippen LogP contribution in [0.3, 0.4) is 0 Å². The Morgan fingerprint density at radius 1 is 1.43 bits per heavy atom. The van der Waals surface area contributed by atoms with E-state index in [1.165, 1.54) is 0 Å². The Bertz CT molecular complexity index is 637. The van der Waals surface area contributed by atoms with Gasteiger partial charge in [-0.15, -0.1) is 0 Å². The van der Waals surface area contributed by atoms with Crippen LogP contribution in [-0.2, 0) is 20.1 Å².